The molecule has 0 radical (unpaired) electrons. The average molecular weight is 291 g/mol. The summed E-state index contributed by atoms with van der Waals surface area (Å²) in [6.45, 7) is 0. The first kappa shape index (κ1) is 12.8. The molecular weight excluding hydrogens is 278 g/mol. The van der Waals surface area contributed by atoms with Crippen LogP contribution in [0.4, 0.5) is 8.78 Å². The molecule has 0 amide bonds. The fraction of sp³-hybridized carbons (Fsp3) is 0.125. The number of hydrogen-bond acceptors (Lipinski definition) is 0. The first-order chi connectivity index (χ1) is 9.25. The molecule has 95 valence electrons. The van der Waals surface area contributed by atoms with Crippen molar-refractivity contribution in [1.82, 2.24) is 0 Å². The molecule has 2 aliphatic rings. The second kappa shape index (κ2) is 5.40. The summed E-state index contributed by atoms with van der Waals surface area (Å²) in [7, 11) is 0. The molecule has 0 saturated heterocycles. The molecule has 0 atom stereocenters. The molecule has 0 heterocycles. The zero-order valence-electron chi connectivity index (χ0n) is 10.4. The van der Waals surface area contributed by atoms with Crippen molar-refractivity contribution in [2.45, 2.75) is 12.8 Å². The molecule has 1 aromatic carbocycles. The monoisotopic (exact) mass is 291 g/mol. The summed E-state index contributed by atoms with van der Waals surface area (Å²) in [4.78, 5) is 0. The van der Waals surface area contributed by atoms with Crippen molar-refractivity contribution < 1.29 is 26.7 Å². The van der Waals surface area contributed by atoms with Gasteiger partial charge in [-0.05, 0) is 0 Å². The Morgan fingerprint density at radius 1 is 0.895 bits per heavy atom. The van der Waals surface area contributed by atoms with Crippen LogP contribution in [0.3, 0.4) is 0 Å². The van der Waals surface area contributed by atoms with Crippen molar-refractivity contribution in [3.8, 4) is 0 Å². The van der Waals surface area contributed by atoms with Gasteiger partial charge in [-0.2, -0.15) is 0 Å². The Labute approximate surface area is 117 Å². The zero-order chi connectivity index (χ0) is 13.2. The van der Waals surface area contributed by atoms with Crippen LogP contribution in [0, 0.1) is 11.6 Å². The Morgan fingerprint density at radius 2 is 1.53 bits per heavy atom. The van der Waals surface area contributed by atoms with Gasteiger partial charge in [0.25, 0.3) is 0 Å². The Bertz CT molecular complexity index is 594. The quantitative estimate of drug-likeness (QED) is 0.741. The second-order valence-corrected chi connectivity index (χ2v) is 8.67. The molecule has 0 saturated carbocycles. The van der Waals surface area contributed by atoms with Gasteiger partial charge in [-0.3, -0.25) is 0 Å². The van der Waals surface area contributed by atoms with E-state index in [1.807, 2.05) is 12.2 Å². The van der Waals surface area contributed by atoms with Crippen LogP contribution in [0.5, 0.6) is 0 Å². The van der Waals surface area contributed by atoms with Crippen LogP contribution in [-0.4, -0.2) is 0 Å². The van der Waals surface area contributed by atoms with Crippen LogP contribution in [-0.2, 0) is 17.9 Å². The topological polar surface area (TPSA) is 0 Å². The van der Waals surface area contributed by atoms with Crippen LogP contribution < -0.4 is 3.87 Å². The van der Waals surface area contributed by atoms with Gasteiger partial charge >= 0.3 is 117 Å². The van der Waals surface area contributed by atoms with Crippen molar-refractivity contribution in [3.63, 3.8) is 0 Å². The summed E-state index contributed by atoms with van der Waals surface area (Å²) in [6.07, 6.45) is 14.3. The van der Waals surface area contributed by atoms with E-state index < -0.39 is 29.5 Å². The Hall–Kier alpha value is -1.25. The summed E-state index contributed by atoms with van der Waals surface area (Å²) in [6, 6.07) is 4.02. The zero-order valence-corrected chi connectivity index (χ0v) is 11.9. The van der Waals surface area contributed by atoms with Crippen LogP contribution in [0.15, 0.2) is 62.4 Å². The van der Waals surface area contributed by atoms with Gasteiger partial charge in [0.15, 0.2) is 0 Å². The summed E-state index contributed by atoms with van der Waals surface area (Å²) in [5.74, 6) is -0.897. The molecular formula is C16H13F2Ti. The normalized spacial score (nSPS) is 16.7. The average Bonchev–Trinajstić information content (AvgIpc) is 3.06. The molecule has 1 aromatic rings. The first-order valence-corrected chi connectivity index (χ1v) is 8.64. The van der Waals surface area contributed by atoms with Crippen LogP contribution in [0.1, 0.15) is 12.8 Å². The van der Waals surface area contributed by atoms with E-state index in [2.05, 4.69) is 24.3 Å². The third kappa shape index (κ3) is 2.56. The van der Waals surface area contributed by atoms with Crippen molar-refractivity contribution >= 4 is 3.87 Å². The predicted molar refractivity (Wildman–Crippen MR) is 69.7 cm³/mol. The van der Waals surface area contributed by atoms with Crippen molar-refractivity contribution in [2.75, 3.05) is 0 Å². The molecule has 0 nitrogen and oxygen atoms in total. The van der Waals surface area contributed by atoms with E-state index in [-0.39, 0.29) is 0 Å². The summed E-state index contributed by atoms with van der Waals surface area (Å²) in [5, 5.41) is 0. The van der Waals surface area contributed by atoms with Gasteiger partial charge in [-0.1, -0.05) is 0 Å². The van der Waals surface area contributed by atoms with E-state index >= 15 is 0 Å². The van der Waals surface area contributed by atoms with Crippen LogP contribution in [0.25, 0.3) is 0 Å². The molecule has 2 aliphatic carbocycles. The van der Waals surface area contributed by atoms with Crippen LogP contribution >= 0.6 is 0 Å². The summed E-state index contributed by atoms with van der Waals surface area (Å²) >= 11 is -2.03. The van der Waals surface area contributed by atoms with Gasteiger partial charge in [0.1, 0.15) is 0 Å². The Morgan fingerprint density at radius 3 is 2.00 bits per heavy atom. The van der Waals surface area contributed by atoms with E-state index in [4.69, 9.17) is 0 Å². The van der Waals surface area contributed by atoms with E-state index in [9.17, 15) is 8.78 Å². The maximum atomic E-state index is 14.1. The number of benzene rings is 1. The fourth-order valence-corrected chi connectivity index (χ4v) is 6.94. The van der Waals surface area contributed by atoms with Gasteiger partial charge in [0.05, 0.1) is 0 Å². The predicted octanol–water partition coefficient (Wildman–Crippen LogP) is 3.90. The number of halogens is 2. The molecule has 3 heteroatoms. The van der Waals surface area contributed by atoms with Crippen molar-refractivity contribution in [2.24, 2.45) is 0 Å². The minimum absolute atomic E-state index is 0.393. The molecule has 0 bridgehead atoms. The SMILES string of the molecule is Fc1cc[c]([Ti]([C]2=CC=CC2)[C]2=CC=CC2)c(F)c1. The first-order valence-electron chi connectivity index (χ1n) is 6.30. The molecule has 0 aliphatic heterocycles. The molecule has 3 rings (SSSR count). The summed E-state index contributed by atoms with van der Waals surface area (Å²) < 4.78 is 30.6. The minimum atomic E-state index is -2.03. The standard InChI is InChI=1S/C6H3F2.2C5H5.Ti/c7-5-2-1-3-6(8)4-5;2*1-2-4-5-3-1;/h1-2,4H;2*1-3H,4H2;. The molecule has 0 fully saturated rings. The third-order valence-electron chi connectivity index (χ3n) is 3.39. The number of rotatable bonds is 3. The second-order valence-electron chi connectivity index (χ2n) is 4.65. The van der Waals surface area contributed by atoms with E-state index in [1.54, 1.807) is 6.07 Å². The fourth-order valence-electron chi connectivity index (χ4n) is 2.51. The Kier molecular flexibility index (Phi) is 3.63. The van der Waals surface area contributed by atoms with Gasteiger partial charge in [-0.25, -0.2) is 0 Å². The van der Waals surface area contributed by atoms with Gasteiger partial charge in [0.2, 0.25) is 0 Å². The van der Waals surface area contributed by atoms with Gasteiger partial charge in [-0.15, -0.1) is 0 Å². The van der Waals surface area contributed by atoms with Gasteiger partial charge < -0.3 is 0 Å². The molecule has 0 unspecified atom stereocenters. The number of allylic oxidation sites excluding steroid dienone is 8. The van der Waals surface area contributed by atoms with Crippen LogP contribution in [0.2, 0.25) is 0 Å². The van der Waals surface area contributed by atoms with E-state index in [1.165, 1.54) is 13.8 Å². The number of hydrogen-bond donors (Lipinski definition) is 0. The van der Waals surface area contributed by atoms with Gasteiger partial charge in [0, 0.05) is 0 Å². The maximum absolute atomic E-state index is 14.1. The van der Waals surface area contributed by atoms with Crippen molar-refractivity contribution in [1.29, 1.82) is 0 Å². The Balaban J connectivity index is 2.03. The van der Waals surface area contributed by atoms with E-state index in [0.29, 0.717) is 0 Å². The summed E-state index contributed by atoms with van der Waals surface area (Å²) in [5.41, 5.74) is 0. The molecule has 0 N–H and O–H groups in total. The molecule has 19 heavy (non-hydrogen) atoms. The third-order valence-corrected chi connectivity index (χ3v) is 8.02. The van der Waals surface area contributed by atoms with E-state index in [0.717, 1.165) is 22.8 Å². The molecule has 0 aromatic heterocycles. The van der Waals surface area contributed by atoms with Crippen molar-refractivity contribution in [3.05, 3.63) is 74.0 Å². The molecule has 0 spiro atoms.